The summed E-state index contributed by atoms with van der Waals surface area (Å²) in [5.74, 6) is -1.71. The van der Waals surface area contributed by atoms with Crippen molar-refractivity contribution >= 4 is 22.9 Å². The first-order valence-corrected chi connectivity index (χ1v) is 6.88. The minimum Gasteiger partial charge on any atom is -0.486 e. The van der Waals surface area contributed by atoms with Crippen LogP contribution >= 0.6 is 22.9 Å². The Balaban J connectivity index is 1.72. The standard InChI is InChI=1S/C13H12ClF2NOS/c14-12-5-4-9(19-12)8-17-6-7-18-13-10(15)2-1-3-11(13)16/h1-5,17H,6-8H2. The van der Waals surface area contributed by atoms with Gasteiger partial charge in [0.05, 0.1) is 4.34 Å². The van der Waals surface area contributed by atoms with Gasteiger partial charge in [0.25, 0.3) is 0 Å². The van der Waals surface area contributed by atoms with E-state index in [1.54, 1.807) is 0 Å². The molecule has 19 heavy (non-hydrogen) atoms. The zero-order chi connectivity index (χ0) is 13.7. The van der Waals surface area contributed by atoms with E-state index in [-0.39, 0.29) is 12.4 Å². The lowest BCUT2D eigenvalue weighted by atomic mass is 10.3. The van der Waals surface area contributed by atoms with E-state index in [4.69, 9.17) is 16.3 Å². The summed E-state index contributed by atoms with van der Waals surface area (Å²) in [4.78, 5) is 1.10. The van der Waals surface area contributed by atoms with E-state index in [1.165, 1.54) is 29.5 Å². The lowest BCUT2D eigenvalue weighted by molar-refractivity contribution is 0.283. The molecule has 1 aromatic heterocycles. The highest BCUT2D eigenvalue weighted by molar-refractivity contribution is 7.16. The zero-order valence-electron chi connectivity index (χ0n) is 9.96. The SMILES string of the molecule is Fc1cccc(F)c1OCCNCc1ccc(Cl)s1. The molecule has 1 aromatic carbocycles. The van der Waals surface area contributed by atoms with Crippen molar-refractivity contribution in [3.63, 3.8) is 0 Å². The quantitative estimate of drug-likeness (QED) is 0.819. The van der Waals surface area contributed by atoms with Crippen LogP contribution in [0.3, 0.4) is 0 Å². The third-order valence-corrected chi connectivity index (χ3v) is 3.60. The third kappa shape index (κ3) is 4.16. The Morgan fingerprint density at radius 2 is 1.89 bits per heavy atom. The van der Waals surface area contributed by atoms with Crippen LogP contribution in [0.5, 0.6) is 5.75 Å². The largest absolute Gasteiger partial charge is 0.486 e. The van der Waals surface area contributed by atoms with Crippen molar-refractivity contribution in [3.8, 4) is 5.75 Å². The summed E-state index contributed by atoms with van der Waals surface area (Å²) in [6, 6.07) is 7.39. The van der Waals surface area contributed by atoms with Gasteiger partial charge in [-0.25, -0.2) is 8.78 Å². The first kappa shape index (κ1) is 14.2. The van der Waals surface area contributed by atoms with Crippen LogP contribution in [0.15, 0.2) is 30.3 Å². The van der Waals surface area contributed by atoms with E-state index >= 15 is 0 Å². The van der Waals surface area contributed by atoms with Crippen molar-refractivity contribution in [2.45, 2.75) is 6.54 Å². The highest BCUT2D eigenvalue weighted by atomic mass is 35.5. The predicted octanol–water partition coefficient (Wildman–Crippen LogP) is 3.85. The molecule has 0 atom stereocenters. The van der Waals surface area contributed by atoms with E-state index in [0.29, 0.717) is 13.1 Å². The molecule has 0 aliphatic heterocycles. The molecular formula is C13H12ClF2NOS. The van der Waals surface area contributed by atoms with E-state index in [9.17, 15) is 8.78 Å². The summed E-state index contributed by atoms with van der Waals surface area (Å²) in [5, 5.41) is 3.11. The number of thiophene rings is 1. The molecule has 0 aliphatic rings. The average Bonchev–Trinajstić information content (AvgIpc) is 2.78. The highest BCUT2D eigenvalue weighted by Gasteiger charge is 2.08. The molecule has 0 fully saturated rings. The minimum absolute atomic E-state index is 0.191. The van der Waals surface area contributed by atoms with Gasteiger partial charge in [-0.2, -0.15) is 0 Å². The van der Waals surface area contributed by atoms with Crippen molar-refractivity contribution in [3.05, 3.63) is 51.2 Å². The summed E-state index contributed by atoms with van der Waals surface area (Å²) >= 11 is 7.29. The number of para-hydroxylation sites is 1. The molecule has 2 rings (SSSR count). The normalized spacial score (nSPS) is 10.7. The molecule has 0 radical (unpaired) electrons. The molecular weight excluding hydrogens is 292 g/mol. The number of ether oxygens (including phenoxy) is 1. The van der Waals surface area contributed by atoms with Crippen LogP contribution in [-0.2, 0) is 6.54 Å². The van der Waals surface area contributed by atoms with Crippen LogP contribution in [-0.4, -0.2) is 13.2 Å². The topological polar surface area (TPSA) is 21.3 Å². The molecule has 0 spiro atoms. The molecule has 0 saturated carbocycles. The Bertz CT molecular complexity index is 527. The van der Waals surface area contributed by atoms with E-state index < -0.39 is 11.6 Å². The third-order valence-electron chi connectivity index (χ3n) is 2.37. The van der Waals surface area contributed by atoms with Gasteiger partial charge in [-0.05, 0) is 24.3 Å². The van der Waals surface area contributed by atoms with Crippen LogP contribution in [0.2, 0.25) is 4.34 Å². The number of benzene rings is 1. The maximum absolute atomic E-state index is 13.2. The minimum atomic E-state index is -0.690. The molecule has 102 valence electrons. The summed E-state index contributed by atoms with van der Waals surface area (Å²) in [6.07, 6.45) is 0. The first-order chi connectivity index (χ1) is 9.16. The van der Waals surface area contributed by atoms with Crippen LogP contribution in [0.1, 0.15) is 4.88 Å². The van der Waals surface area contributed by atoms with Gasteiger partial charge in [-0.3, -0.25) is 0 Å². The van der Waals surface area contributed by atoms with Gasteiger partial charge in [0.1, 0.15) is 6.61 Å². The number of rotatable bonds is 6. The Morgan fingerprint density at radius 3 is 2.53 bits per heavy atom. The second-order valence-corrected chi connectivity index (χ2v) is 5.58. The number of nitrogens with one attached hydrogen (secondary N) is 1. The zero-order valence-corrected chi connectivity index (χ0v) is 11.5. The van der Waals surface area contributed by atoms with E-state index in [1.807, 2.05) is 12.1 Å². The van der Waals surface area contributed by atoms with E-state index in [0.717, 1.165) is 9.21 Å². The van der Waals surface area contributed by atoms with E-state index in [2.05, 4.69) is 5.32 Å². The molecule has 0 bridgehead atoms. The van der Waals surface area contributed by atoms with Crippen molar-refractivity contribution in [1.29, 1.82) is 0 Å². The summed E-state index contributed by atoms with van der Waals surface area (Å²) < 4.78 is 32.3. The van der Waals surface area contributed by atoms with Crippen LogP contribution in [0.25, 0.3) is 0 Å². The van der Waals surface area contributed by atoms with Gasteiger partial charge < -0.3 is 10.1 Å². The first-order valence-electron chi connectivity index (χ1n) is 5.68. The molecule has 1 N–H and O–H groups in total. The van der Waals surface area contributed by atoms with Gasteiger partial charge >= 0.3 is 0 Å². The molecule has 0 saturated heterocycles. The Labute approximate surface area is 119 Å². The maximum Gasteiger partial charge on any atom is 0.190 e. The smallest absolute Gasteiger partial charge is 0.190 e. The van der Waals surface area contributed by atoms with Crippen molar-refractivity contribution in [1.82, 2.24) is 5.32 Å². The summed E-state index contributed by atoms with van der Waals surface area (Å²) in [6.45, 7) is 1.33. The van der Waals surface area contributed by atoms with Gasteiger partial charge in [-0.15, -0.1) is 11.3 Å². The van der Waals surface area contributed by atoms with Crippen LogP contribution in [0.4, 0.5) is 8.78 Å². The van der Waals surface area contributed by atoms with Crippen LogP contribution in [0, 0.1) is 11.6 Å². The Kier molecular flexibility index (Phi) is 5.13. The number of hydrogen-bond donors (Lipinski definition) is 1. The monoisotopic (exact) mass is 303 g/mol. The Morgan fingerprint density at radius 1 is 1.16 bits per heavy atom. The summed E-state index contributed by atoms with van der Waals surface area (Å²) in [5.41, 5.74) is 0. The average molecular weight is 304 g/mol. The second kappa shape index (κ2) is 6.84. The molecule has 1 heterocycles. The maximum atomic E-state index is 13.2. The Hall–Kier alpha value is -1.17. The number of hydrogen-bond acceptors (Lipinski definition) is 3. The number of halogens is 3. The van der Waals surface area contributed by atoms with Gasteiger partial charge in [0, 0.05) is 18.0 Å². The fourth-order valence-electron chi connectivity index (χ4n) is 1.50. The van der Waals surface area contributed by atoms with Gasteiger partial charge in [0.2, 0.25) is 0 Å². The molecule has 6 heteroatoms. The molecule has 2 aromatic rings. The second-order valence-electron chi connectivity index (χ2n) is 3.78. The summed E-state index contributed by atoms with van der Waals surface area (Å²) in [7, 11) is 0. The lowest BCUT2D eigenvalue weighted by Gasteiger charge is -2.08. The molecule has 0 aliphatic carbocycles. The fraction of sp³-hybridized carbons (Fsp3) is 0.231. The van der Waals surface area contributed by atoms with Crippen molar-refractivity contribution < 1.29 is 13.5 Å². The predicted molar refractivity (Wildman–Crippen MR) is 72.9 cm³/mol. The van der Waals surface area contributed by atoms with Crippen molar-refractivity contribution in [2.75, 3.05) is 13.2 Å². The van der Waals surface area contributed by atoms with Crippen LogP contribution < -0.4 is 10.1 Å². The van der Waals surface area contributed by atoms with Crippen molar-refractivity contribution in [2.24, 2.45) is 0 Å². The molecule has 0 amide bonds. The van der Waals surface area contributed by atoms with Gasteiger partial charge in [0.15, 0.2) is 17.4 Å². The lowest BCUT2D eigenvalue weighted by Crippen LogP contribution is -2.20. The fourth-order valence-corrected chi connectivity index (χ4v) is 2.56. The highest BCUT2D eigenvalue weighted by Crippen LogP contribution is 2.21. The molecule has 0 unspecified atom stereocenters. The van der Waals surface area contributed by atoms with Gasteiger partial charge in [-0.1, -0.05) is 17.7 Å². The molecule has 2 nitrogen and oxygen atoms in total.